The molecule has 1 aliphatic rings. The van der Waals surface area contributed by atoms with E-state index in [-0.39, 0.29) is 42.9 Å². The molecule has 0 aliphatic carbocycles. The number of esters is 1. The maximum atomic E-state index is 12.4. The minimum Gasteiger partial charge on any atom is -0.469 e. The van der Waals surface area contributed by atoms with Gasteiger partial charge < -0.3 is 41.4 Å². The van der Waals surface area contributed by atoms with E-state index < -0.39 is 18.0 Å². The van der Waals surface area contributed by atoms with Crippen molar-refractivity contribution in [3.8, 4) is 0 Å². The lowest BCUT2D eigenvalue weighted by atomic mass is 10.0. The average Bonchev–Trinajstić information content (AvgIpc) is 3.62. The number of nitrogens with two attached hydrogens (primary N) is 1. The van der Waals surface area contributed by atoms with Gasteiger partial charge in [0.05, 0.1) is 13.7 Å². The van der Waals surface area contributed by atoms with Gasteiger partial charge in [-0.3, -0.25) is 19.2 Å². The number of carbonyl (C=O) groups is 6. The van der Waals surface area contributed by atoms with Crippen molar-refractivity contribution in [2.45, 2.75) is 107 Å². The predicted molar refractivity (Wildman–Crippen MR) is 189 cm³/mol. The summed E-state index contributed by atoms with van der Waals surface area (Å²) in [5, 5.41) is 10.4. The van der Waals surface area contributed by atoms with Crippen LogP contribution < -0.4 is 27.0 Å². The zero-order chi connectivity index (χ0) is 37.5. The monoisotopic (exact) mass is 682 g/mol. The van der Waals surface area contributed by atoms with Crippen LogP contribution in [-0.4, -0.2) is 80.0 Å². The second-order valence-electron chi connectivity index (χ2n) is 10.2. The van der Waals surface area contributed by atoms with Gasteiger partial charge in [0.1, 0.15) is 12.6 Å². The number of anilines is 1. The summed E-state index contributed by atoms with van der Waals surface area (Å²) < 4.78 is 9.42. The molecule has 2 rings (SSSR count). The Morgan fingerprint density at radius 2 is 1.42 bits per heavy atom. The lowest BCUT2D eigenvalue weighted by molar-refractivity contribution is -0.138. The van der Waals surface area contributed by atoms with E-state index in [1.54, 1.807) is 29.2 Å². The van der Waals surface area contributed by atoms with Gasteiger partial charge in [-0.05, 0) is 49.3 Å². The van der Waals surface area contributed by atoms with E-state index in [0.717, 1.165) is 37.9 Å². The van der Waals surface area contributed by atoms with E-state index >= 15 is 0 Å². The Balaban J connectivity index is -0.00000106. The zero-order valence-corrected chi connectivity index (χ0v) is 30.8. The Morgan fingerprint density at radius 3 is 1.83 bits per heavy atom. The van der Waals surface area contributed by atoms with E-state index in [1.165, 1.54) is 14.0 Å². The molecule has 1 saturated heterocycles. The minimum absolute atomic E-state index is 0.106. The molecule has 6 amide bonds. The second kappa shape index (κ2) is 31.3. The summed E-state index contributed by atoms with van der Waals surface area (Å²) in [5.74, 6) is -1.31. The van der Waals surface area contributed by atoms with Crippen LogP contribution in [0.25, 0.3) is 0 Å². The number of urea groups is 1. The molecule has 0 saturated carbocycles. The third-order valence-electron chi connectivity index (χ3n) is 5.97. The Bertz CT molecular complexity index is 1040. The molecule has 1 atom stereocenters. The first-order valence-electron chi connectivity index (χ1n) is 16.8. The zero-order valence-electron chi connectivity index (χ0n) is 30.8. The molecule has 0 spiro atoms. The first kappa shape index (κ1) is 48.0. The van der Waals surface area contributed by atoms with E-state index in [4.69, 9.17) is 10.5 Å². The Labute approximate surface area is 287 Å². The van der Waals surface area contributed by atoms with Crippen LogP contribution in [0.4, 0.5) is 15.3 Å². The van der Waals surface area contributed by atoms with E-state index in [1.807, 2.05) is 55.4 Å². The number of amides is 6. The van der Waals surface area contributed by atoms with Gasteiger partial charge in [-0.1, -0.05) is 67.5 Å². The number of rotatable bonds is 12. The van der Waals surface area contributed by atoms with Crippen molar-refractivity contribution in [1.82, 2.24) is 20.9 Å². The van der Waals surface area contributed by atoms with E-state index in [2.05, 4.69) is 26.0 Å². The highest BCUT2D eigenvalue weighted by molar-refractivity contribution is 5.96. The smallest absolute Gasteiger partial charge is 0.410 e. The van der Waals surface area contributed by atoms with Crippen molar-refractivity contribution in [1.29, 1.82) is 0 Å². The van der Waals surface area contributed by atoms with Gasteiger partial charge in [-0.15, -0.1) is 0 Å². The number of benzene rings is 1. The van der Waals surface area contributed by atoms with Crippen molar-refractivity contribution < 1.29 is 38.2 Å². The van der Waals surface area contributed by atoms with Gasteiger partial charge in [-0.25, -0.2) is 9.59 Å². The van der Waals surface area contributed by atoms with Crippen molar-refractivity contribution in [3.63, 3.8) is 0 Å². The summed E-state index contributed by atoms with van der Waals surface area (Å²) in [4.78, 5) is 69.5. The lowest BCUT2D eigenvalue weighted by Crippen LogP contribution is -2.50. The van der Waals surface area contributed by atoms with Crippen LogP contribution >= 0.6 is 0 Å². The van der Waals surface area contributed by atoms with Crippen LogP contribution in [-0.2, 0) is 35.3 Å². The first-order valence-corrected chi connectivity index (χ1v) is 16.8. The molecule has 1 unspecified atom stereocenters. The standard InChI is InChI=1S/C23H34N4O5.C4H10N2O.C3H6O2.2C2H6/c1-4-7-19(28)26-21(16(2)3)22(30)24-14-20(29)25-18-10-8-17(9-11-18)15-32-23(31)27-12-5-6-13-27;1-2-3-6-4(5)7;1-3(4)5-2;2*1-2/h8-11,16,21H,4-7,12-15H2,1-3H3,(H,24,30)(H,25,29)(H,26,28);2-3H2,1H3,(H3,5,6,7);1-2H3;2*1-2H3. The van der Waals surface area contributed by atoms with Gasteiger partial charge >= 0.3 is 18.1 Å². The van der Waals surface area contributed by atoms with Gasteiger partial charge in [0.2, 0.25) is 17.7 Å². The third-order valence-corrected chi connectivity index (χ3v) is 5.97. The Kier molecular flexibility index (Phi) is 31.3. The fourth-order valence-corrected chi connectivity index (χ4v) is 3.56. The van der Waals surface area contributed by atoms with Gasteiger partial charge in [-0.2, -0.15) is 0 Å². The summed E-state index contributed by atoms with van der Waals surface area (Å²) in [6.07, 6.45) is 3.69. The molecule has 1 fully saturated rings. The normalized spacial score (nSPS) is 11.5. The van der Waals surface area contributed by atoms with Gasteiger partial charge in [0, 0.05) is 38.7 Å². The number of nitrogens with one attached hydrogen (secondary N) is 4. The molecule has 1 aliphatic heterocycles. The topological polar surface area (TPSA) is 198 Å². The van der Waals surface area contributed by atoms with Crippen molar-refractivity contribution >= 4 is 41.5 Å². The number of nitrogens with zero attached hydrogens (tertiary/aromatic N) is 1. The van der Waals surface area contributed by atoms with Crippen LogP contribution in [0.5, 0.6) is 0 Å². The molecular formula is C34H62N6O8. The molecule has 1 aromatic rings. The molecule has 14 heteroatoms. The molecule has 14 nitrogen and oxygen atoms in total. The molecule has 0 aromatic heterocycles. The average molecular weight is 683 g/mol. The van der Waals surface area contributed by atoms with Crippen LogP contribution in [0, 0.1) is 5.92 Å². The number of ether oxygens (including phenoxy) is 2. The Hall–Kier alpha value is -4.36. The molecule has 0 radical (unpaired) electrons. The van der Waals surface area contributed by atoms with Crippen molar-refractivity contribution in [2.24, 2.45) is 11.7 Å². The number of carbonyl (C=O) groups excluding carboxylic acids is 6. The third kappa shape index (κ3) is 25.8. The maximum absolute atomic E-state index is 12.4. The molecule has 1 aromatic carbocycles. The van der Waals surface area contributed by atoms with Crippen LogP contribution in [0.15, 0.2) is 24.3 Å². The fourth-order valence-electron chi connectivity index (χ4n) is 3.56. The van der Waals surface area contributed by atoms with Crippen molar-refractivity contribution in [3.05, 3.63) is 29.8 Å². The Morgan fingerprint density at radius 1 is 0.875 bits per heavy atom. The van der Waals surface area contributed by atoms with Crippen LogP contribution in [0.2, 0.25) is 0 Å². The summed E-state index contributed by atoms with van der Waals surface area (Å²) in [5.41, 5.74) is 6.11. The number of hydrogen-bond acceptors (Lipinski definition) is 8. The molecular weight excluding hydrogens is 620 g/mol. The first-order chi connectivity index (χ1) is 22.8. The highest BCUT2D eigenvalue weighted by Gasteiger charge is 2.24. The van der Waals surface area contributed by atoms with Gasteiger partial charge in [0.25, 0.3) is 0 Å². The molecule has 0 bridgehead atoms. The SMILES string of the molecule is CC.CC.CCCC(=O)NC(C(=O)NCC(=O)Nc1ccc(COC(=O)N2CCCC2)cc1)C(C)C.CCCNC(N)=O.COC(C)=O. The van der Waals surface area contributed by atoms with E-state index in [9.17, 15) is 28.8 Å². The summed E-state index contributed by atoms with van der Waals surface area (Å²) in [7, 11) is 1.35. The fraction of sp³-hybridized carbons (Fsp3) is 0.647. The molecule has 6 N–H and O–H groups in total. The van der Waals surface area contributed by atoms with Crippen LogP contribution in [0.1, 0.15) is 100.0 Å². The summed E-state index contributed by atoms with van der Waals surface area (Å²) >= 11 is 0. The molecule has 276 valence electrons. The summed E-state index contributed by atoms with van der Waals surface area (Å²) in [6.45, 7) is 19.0. The number of methoxy groups -OCH3 is 1. The molecule has 48 heavy (non-hydrogen) atoms. The highest BCUT2D eigenvalue weighted by Crippen LogP contribution is 2.13. The highest BCUT2D eigenvalue weighted by atomic mass is 16.6. The number of hydrogen-bond donors (Lipinski definition) is 5. The molecule has 1 heterocycles. The predicted octanol–water partition coefficient (Wildman–Crippen LogP) is 4.71. The largest absolute Gasteiger partial charge is 0.469 e. The van der Waals surface area contributed by atoms with Crippen molar-refractivity contribution in [2.75, 3.05) is 38.6 Å². The lowest BCUT2D eigenvalue weighted by Gasteiger charge is -2.21. The number of likely N-dealkylation sites (tertiary alicyclic amines) is 1. The van der Waals surface area contributed by atoms with E-state index in [0.29, 0.717) is 25.1 Å². The second-order valence-corrected chi connectivity index (χ2v) is 10.2. The maximum Gasteiger partial charge on any atom is 0.410 e. The van der Waals surface area contributed by atoms with Crippen LogP contribution in [0.3, 0.4) is 0 Å². The quantitative estimate of drug-likeness (QED) is 0.195. The number of primary amides is 1. The van der Waals surface area contributed by atoms with Gasteiger partial charge in [0.15, 0.2) is 0 Å². The minimum atomic E-state index is -0.690. The summed E-state index contributed by atoms with van der Waals surface area (Å²) in [6, 6.07) is 5.82.